The zero-order valence-electron chi connectivity index (χ0n) is 12.8. The Kier molecular flexibility index (Phi) is 5.28. The highest BCUT2D eigenvalue weighted by Gasteiger charge is 2.19. The molecule has 1 N–H and O–H groups in total. The van der Waals surface area contributed by atoms with E-state index in [1.807, 2.05) is 19.0 Å². The lowest BCUT2D eigenvalue weighted by Gasteiger charge is -2.15. The van der Waals surface area contributed by atoms with Crippen LogP contribution in [0.15, 0.2) is 10.2 Å². The molecule has 0 atom stereocenters. The van der Waals surface area contributed by atoms with Crippen molar-refractivity contribution in [3.8, 4) is 0 Å². The van der Waals surface area contributed by atoms with E-state index in [1.165, 1.54) is 16.7 Å². The van der Waals surface area contributed by atoms with Gasteiger partial charge in [-0.2, -0.15) is 0 Å². The number of hydrogen-bond donors (Lipinski definition) is 1. The highest BCUT2D eigenvalue weighted by Crippen LogP contribution is 2.21. The van der Waals surface area contributed by atoms with Gasteiger partial charge in [0.2, 0.25) is 0 Å². The molecule has 0 saturated carbocycles. The summed E-state index contributed by atoms with van der Waals surface area (Å²) < 4.78 is 6.62. The van der Waals surface area contributed by atoms with Gasteiger partial charge in [0.25, 0.3) is 5.56 Å². The summed E-state index contributed by atoms with van der Waals surface area (Å²) in [6, 6.07) is 0. The molecular formula is C14H19N3O4S. The van der Waals surface area contributed by atoms with Gasteiger partial charge in [-0.1, -0.05) is 0 Å². The van der Waals surface area contributed by atoms with E-state index in [4.69, 9.17) is 4.74 Å². The largest absolute Gasteiger partial charge is 0.478 e. The first-order valence-electron chi connectivity index (χ1n) is 6.83. The highest BCUT2D eigenvalue weighted by molar-refractivity contribution is 7.17. The lowest BCUT2D eigenvalue weighted by molar-refractivity contribution is 0.0699. The molecule has 2 aromatic heterocycles. The Balaban J connectivity index is 2.58. The fourth-order valence-electron chi connectivity index (χ4n) is 2.14. The van der Waals surface area contributed by atoms with Crippen molar-refractivity contribution in [2.45, 2.75) is 13.0 Å². The molecule has 120 valence electrons. The fourth-order valence-corrected chi connectivity index (χ4v) is 3.06. The summed E-state index contributed by atoms with van der Waals surface area (Å²) in [4.78, 5) is 30.9. The molecule has 0 unspecified atom stereocenters. The van der Waals surface area contributed by atoms with Gasteiger partial charge in [-0.05, 0) is 14.1 Å². The van der Waals surface area contributed by atoms with E-state index in [9.17, 15) is 14.7 Å². The number of likely N-dealkylation sites (N-methyl/N-ethyl adjacent to an activating group) is 1. The fraction of sp³-hybridized carbons (Fsp3) is 0.500. The first-order valence-corrected chi connectivity index (χ1v) is 7.71. The Morgan fingerprint density at radius 2 is 2.23 bits per heavy atom. The van der Waals surface area contributed by atoms with Crippen LogP contribution in [0.2, 0.25) is 0 Å². The summed E-state index contributed by atoms with van der Waals surface area (Å²) in [7, 11) is 5.42. The third-order valence-corrected chi connectivity index (χ3v) is 4.18. The molecule has 2 aromatic rings. The van der Waals surface area contributed by atoms with Crippen LogP contribution < -0.4 is 5.56 Å². The van der Waals surface area contributed by atoms with Gasteiger partial charge in [-0.25, -0.2) is 9.78 Å². The highest BCUT2D eigenvalue weighted by atomic mass is 32.1. The monoisotopic (exact) mass is 325 g/mol. The maximum absolute atomic E-state index is 12.7. The summed E-state index contributed by atoms with van der Waals surface area (Å²) in [6.07, 6.45) is 0.509. The number of ether oxygens (including phenoxy) is 1. The van der Waals surface area contributed by atoms with Crippen molar-refractivity contribution < 1.29 is 14.6 Å². The molecule has 22 heavy (non-hydrogen) atoms. The summed E-state index contributed by atoms with van der Waals surface area (Å²) in [6.45, 7) is 1.58. The van der Waals surface area contributed by atoms with Crippen LogP contribution in [0.4, 0.5) is 0 Å². The van der Waals surface area contributed by atoms with Crippen molar-refractivity contribution in [1.29, 1.82) is 0 Å². The molecule has 2 heterocycles. The van der Waals surface area contributed by atoms with E-state index in [0.717, 1.165) is 0 Å². The second-order valence-electron chi connectivity index (χ2n) is 5.17. The predicted molar refractivity (Wildman–Crippen MR) is 85.0 cm³/mol. The Morgan fingerprint density at radius 3 is 2.82 bits per heavy atom. The van der Waals surface area contributed by atoms with Gasteiger partial charge in [-0.3, -0.25) is 9.36 Å². The number of nitrogens with zero attached hydrogens (tertiary/aromatic N) is 3. The van der Waals surface area contributed by atoms with Gasteiger partial charge in [0.05, 0.1) is 17.6 Å². The number of methoxy groups -OCH3 is 1. The van der Waals surface area contributed by atoms with E-state index < -0.39 is 5.97 Å². The topological polar surface area (TPSA) is 84.7 Å². The number of carboxylic acids is 1. The molecule has 0 spiro atoms. The van der Waals surface area contributed by atoms with Crippen LogP contribution in [0.3, 0.4) is 0 Å². The summed E-state index contributed by atoms with van der Waals surface area (Å²) in [5.41, 5.74) is -0.272. The van der Waals surface area contributed by atoms with Gasteiger partial charge >= 0.3 is 5.97 Å². The summed E-state index contributed by atoms with van der Waals surface area (Å²) >= 11 is 1.18. The standard InChI is InChI=1S/C14H19N3O4S/c1-16(2)5-6-17-10(4-7-21-3)15-12-11(13(17)18)9(8-22-12)14(19)20/h8H,4-7H2,1-3H3,(H,19,20). The lowest BCUT2D eigenvalue weighted by atomic mass is 10.2. The van der Waals surface area contributed by atoms with Crippen molar-refractivity contribution in [1.82, 2.24) is 14.5 Å². The van der Waals surface area contributed by atoms with Crippen LogP contribution in [-0.2, 0) is 17.7 Å². The minimum Gasteiger partial charge on any atom is -0.478 e. The van der Waals surface area contributed by atoms with Crippen LogP contribution in [0.5, 0.6) is 0 Å². The predicted octanol–water partition coefficient (Wildman–Crippen LogP) is 0.907. The maximum Gasteiger partial charge on any atom is 0.337 e. The third kappa shape index (κ3) is 3.34. The van der Waals surface area contributed by atoms with E-state index in [2.05, 4.69) is 4.98 Å². The second-order valence-corrected chi connectivity index (χ2v) is 6.02. The smallest absolute Gasteiger partial charge is 0.337 e. The van der Waals surface area contributed by atoms with E-state index in [1.54, 1.807) is 11.7 Å². The van der Waals surface area contributed by atoms with E-state index >= 15 is 0 Å². The Labute approximate surface area is 131 Å². The molecule has 0 radical (unpaired) electrons. The Bertz CT molecular complexity index is 735. The summed E-state index contributed by atoms with van der Waals surface area (Å²) in [5.74, 6) is -0.478. The van der Waals surface area contributed by atoms with Crippen molar-refractivity contribution in [3.05, 3.63) is 27.1 Å². The van der Waals surface area contributed by atoms with Gasteiger partial charge < -0.3 is 14.7 Å². The van der Waals surface area contributed by atoms with Gasteiger partial charge in [0.1, 0.15) is 10.7 Å². The zero-order chi connectivity index (χ0) is 16.3. The zero-order valence-corrected chi connectivity index (χ0v) is 13.6. The third-order valence-electron chi connectivity index (χ3n) is 3.30. The normalized spacial score (nSPS) is 11.5. The summed E-state index contributed by atoms with van der Waals surface area (Å²) in [5, 5.41) is 10.9. The average Bonchev–Trinajstić information content (AvgIpc) is 2.88. The SMILES string of the molecule is COCCc1nc2scc(C(=O)O)c2c(=O)n1CCN(C)C. The molecule has 0 fully saturated rings. The number of hydrogen-bond acceptors (Lipinski definition) is 6. The van der Waals surface area contributed by atoms with Crippen molar-refractivity contribution in [3.63, 3.8) is 0 Å². The molecule has 0 aliphatic heterocycles. The molecule has 8 heteroatoms. The molecule has 7 nitrogen and oxygen atoms in total. The van der Waals surface area contributed by atoms with E-state index in [0.29, 0.717) is 36.8 Å². The first-order chi connectivity index (χ1) is 10.5. The molecule has 0 saturated heterocycles. The van der Waals surface area contributed by atoms with Crippen LogP contribution in [0.1, 0.15) is 16.2 Å². The van der Waals surface area contributed by atoms with Crippen LogP contribution in [0.25, 0.3) is 10.2 Å². The number of carbonyl (C=O) groups is 1. The molecule has 0 amide bonds. The minimum atomic E-state index is -1.10. The molecule has 0 aromatic carbocycles. The number of aromatic nitrogens is 2. The second kappa shape index (κ2) is 6.99. The van der Waals surface area contributed by atoms with Gasteiger partial charge in [-0.15, -0.1) is 11.3 Å². The molecule has 0 aliphatic rings. The number of thiophene rings is 1. The maximum atomic E-state index is 12.7. The van der Waals surface area contributed by atoms with Crippen molar-refractivity contribution in [2.75, 3.05) is 34.4 Å². The molecule has 0 bridgehead atoms. The average molecular weight is 325 g/mol. The quantitative estimate of drug-likeness (QED) is 0.814. The number of aromatic carboxylic acids is 1. The van der Waals surface area contributed by atoms with Gasteiger partial charge in [0.15, 0.2) is 0 Å². The Hall–Kier alpha value is -1.77. The molecule has 2 rings (SSSR count). The van der Waals surface area contributed by atoms with Crippen LogP contribution >= 0.6 is 11.3 Å². The minimum absolute atomic E-state index is 0.0226. The van der Waals surface area contributed by atoms with E-state index in [-0.39, 0.29) is 16.5 Å². The first kappa shape index (κ1) is 16.6. The van der Waals surface area contributed by atoms with Crippen LogP contribution in [-0.4, -0.2) is 59.9 Å². The van der Waals surface area contributed by atoms with Crippen molar-refractivity contribution in [2.24, 2.45) is 0 Å². The number of fused-ring (bicyclic) bond motifs is 1. The lowest BCUT2D eigenvalue weighted by Crippen LogP contribution is -2.30. The number of carboxylic acid groups (broad SMARTS) is 1. The molecular weight excluding hydrogens is 306 g/mol. The van der Waals surface area contributed by atoms with Gasteiger partial charge in [0, 0.05) is 32.0 Å². The van der Waals surface area contributed by atoms with Crippen molar-refractivity contribution >= 4 is 27.5 Å². The number of rotatable bonds is 7. The van der Waals surface area contributed by atoms with Crippen LogP contribution in [0, 0.1) is 0 Å². The molecule has 0 aliphatic carbocycles. The Morgan fingerprint density at radius 1 is 1.50 bits per heavy atom.